The standard InChI is InChI=1S/C34H38N4O5/c1-42-31-5-3-2-4-27(31)29-11-7-22-16-21(6-10-28(22)35-29)18-37-15-14-25(20-37)43-24-8-9-26-23(17-24)19-38(34(26)41)30-12-13-32(39)36-33(30)40/h6-11,16-17,25,27,30-31H,2-5,12-15,18-20H2,1H3,(H,36,39,40)/t25-,27+,30?,31-/m0/s1. The van der Waals surface area contributed by atoms with Crippen LogP contribution in [0.3, 0.4) is 0 Å². The van der Waals surface area contributed by atoms with Crippen molar-refractivity contribution in [3.05, 3.63) is 70.9 Å². The van der Waals surface area contributed by atoms with Gasteiger partial charge in [0.15, 0.2) is 0 Å². The monoisotopic (exact) mass is 582 g/mol. The van der Waals surface area contributed by atoms with Crippen LogP contribution in [0, 0.1) is 0 Å². The average Bonchev–Trinajstić information content (AvgIpc) is 3.59. The van der Waals surface area contributed by atoms with Gasteiger partial charge in [-0.3, -0.25) is 29.6 Å². The Morgan fingerprint density at radius 1 is 0.977 bits per heavy atom. The van der Waals surface area contributed by atoms with Crippen molar-refractivity contribution in [1.29, 1.82) is 0 Å². The number of amides is 3. The molecule has 0 spiro atoms. The summed E-state index contributed by atoms with van der Waals surface area (Å²) in [5.74, 6) is 0.267. The van der Waals surface area contributed by atoms with Gasteiger partial charge in [0.25, 0.3) is 5.91 Å². The van der Waals surface area contributed by atoms with Crippen molar-refractivity contribution in [2.45, 2.75) is 82.2 Å². The SMILES string of the molecule is CO[C@H]1CCCC[C@@H]1c1ccc2cc(CN3CC[C@H](Oc4ccc5c(c4)CN(C4CCC(=O)NC4=O)C5=O)C3)ccc2n1. The minimum Gasteiger partial charge on any atom is -0.489 e. The lowest BCUT2D eigenvalue weighted by atomic mass is 9.84. The number of fused-ring (bicyclic) bond motifs is 2. The minimum atomic E-state index is -0.613. The summed E-state index contributed by atoms with van der Waals surface area (Å²) in [5.41, 5.74) is 4.90. The maximum Gasteiger partial charge on any atom is 0.255 e. The van der Waals surface area contributed by atoms with E-state index >= 15 is 0 Å². The van der Waals surface area contributed by atoms with E-state index in [-0.39, 0.29) is 30.4 Å². The van der Waals surface area contributed by atoms with Gasteiger partial charge in [-0.05, 0) is 73.2 Å². The van der Waals surface area contributed by atoms with Crippen LogP contribution in [0.4, 0.5) is 0 Å². The molecule has 1 N–H and O–H groups in total. The molecule has 3 aromatic rings. The van der Waals surface area contributed by atoms with Crippen molar-refractivity contribution in [2.75, 3.05) is 20.2 Å². The summed E-state index contributed by atoms with van der Waals surface area (Å²) in [5, 5.41) is 3.52. The third-order valence-corrected chi connectivity index (χ3v) is 9.59. The fourth-order valence-electron chi connectivity index (χ4n) is 7.32. The van der Waals surface area contributed by atoms with Crippen molar-refractivity contribution in [2.24, 2.45) is 0 Å². The summed E-state index contributed by atoms with van der Waals surface area (Å²) >= 11 is 0. The highest BCUT2D eigenvalue weighted by Crippen LogP contribution is 2.35. The van der Waals surface area contributed by atoms with E-state index < -0.39 is 11.9 Å². The lowest BCUT2D eigenvalue weighted by Gasteiger charge is -2.30. The lowest BCUT2D eigenvalue weighted by molar-refractivity contribution is -0.136. The molecule has 9 nitrogen and oxygen atoms in total. The second-order valence-electron chi connectivity index (χ2n) is 12.4. The van der Waals surface area contributed by atoms with Crippen LogP contribution in [0.25, 0.3) is 10.9 Å². The highest BCUT2D eigenvalue weighted by molar-refractivity contribution is 6.05. The quantitative estimate of drug-likeness (QED) is 0.414. The highest BCUT2D eigenvalue weighted by Gasteiger charge is 2.39. The number of hydrogen-bond acceptors (Lipinski definition) is 7. The molecular weight excluding hydrogens is 544 g/mol. The van der Waals surface area contributed by atoms with Gasteiger partial charge in [-0.1, -0.05) is 25.0 Å². The van der Waals surface area contributed by atoms with E-state index in [0.29, 0.717) is 24.4 Å². The number of piperidine rings is 1. The second-order valence-corrected chi connectivity index (χ2v) is 12.4. The number of nitrogens with zero attached hydrogens (tertiary/aromatic N) is 3. The van der Waals surface area contributed by atoms with Gasteiger partial charge in [-0.2, -0.15) is 0 Å². The van der Waals surface area contributed by atoms with Crippen molar-refractivity contribution in [1.82, 2.24) is 20.1 Å². The first kappa shape index (κ1) is 28.0. The Balaban J connectivity index is 0.961. The fourth-order valence-corrected chi connectivity index (χ4v) is 7.32. The molecule has 3 aliphatic heterocycles. The molecule has 2 aromatic carbocycles. The number of hydrogen-bond donors (Lipinski definition) is 1. The number of pyridine rings is 1. The number of ether oxygens (including phenoxy) is 2. The molecule has 4 atom stereocenters. The zero-order valence-corrected chi connectivity index (χ0v) is 24.6. The molecule has 1 saturated carbocycles. The normalized spacial score (nSPS) is 26.2. The molecule has 0 bridgehead atoms. The van der Waals surface area contributed by atoms with Crippen LogP contribution in [-0.4, -0.2) is 71.0 Å². The van der Waals surface area contributed by atoms with Crippen LogP contribution in [-0.2, 0) is 27.4 Å². The van der Waals surface area contributed by atoms with E-state index in [4.69, 9.17) is 14.5 Å². The van der Waals surface area contributed by atoms with E-state index in [1.54, 1.807) is 11.0 Å². The number of methoxy groups -OCH3 is 1. The largest absolute Gasteiger partial charge is 0.489 e. The van der Waals surface area contributed by atoms with Gasteiger partial charge in [-0.25, -0.2) is 0 Å². The number of rotatable bonds is 7. The van der Waals surface area contributed by atoms with Gasteiger partial charge < -0.3 is 14.4 Å². The minimum absolute atomic E-state index is 0.0651. The third kappa shape index (κ3) is 5.63. The zero-order valence-electron chi connectivity index (χ0n) is 24.6. The van der Waals surface area contributed by atoms with Crippen LogP contribution in [0.5, 0.6) is 5.75 Å². The molecule has 4 heterocycles. The number of carbonyl (C=O) groups is 3. The molecule has 224 valence electrons. The number of imide groups is 1. The van der Waals surface area contributed by atoms with Crippen LogP contribution >= 0.6 is 0 Å². The van der Waals surface area contributed by atoms with Gasteiger partial charge in [0.1, 0.15) is 17.9 Å². The number of aromatic nitrogens is 1. The number of benzene rings is 2. The van der Waals surface area contributed by atoms with Crippen LogP contribution < -0.4 is 10.1 Å². The number of nitrogens with one attached hydrogen (secondary N) is 1. The maximum absolute atomic E-state index is 13.0. The summed E-state index contributed by atoms with van der Waals surface area (Å²) in [6.07, 6.45) is 6.57. The topological polar surface area (TPSA) is 101 Å². The second kappa shape index (κ2) is 11.7. The molecule has 7 rings (SSSR count). The predicted molar refractivity (Wildman–Crippen MR) is 161 cm³/mol. The average molecular weight is 583 g/mol. The smallest absolute Gasteiger partial charge is 0.255 e. The van der Waals surface area contributed by atoms with Crippen molar-refractivity contribution in [3.63, 3.8) is 0 Å². The summed E-state index contributed by atoms with van der Waals surface area (Å²) in [6.45, 7) is 2.98. The van der Waals surface area contributed by atoms with Crippen LogP contribution in [0.1, 0.15) is 78.0 Å². The van der Waals surface area contributed by atoms with E-state index in [1.807, 2.05) is 19.2 Å². The summed E-state index contributed by atoms with van der Waals surface area (Å²) < 4.78 is 12.1. The van der Waals surface area contributed by atoms with E-state index in [2.05, 4.69) is 40.5 Å². The Morgan fingerprint density at radius 2 is 1.86 bits per heavy atom. The van der Waals surface area contributed by atoms with E-state index in [0.717, 1.165) is 66.8 Å². The third-order valence-electron chi connectivity index (χ3n) is 9.59. The predicted octanol–water partition coefficient (Wildman–Crippen LogP) is 4.32. The molecule has 4 aliphatic rings. The summed E-state index contributed by atoms with van der Waals surface area (Å²) in [7, 11) is 1.82. The fraction of sp³-hybridized carbons (Fsp3) is 0.471. The van der Waals surface area contributed by atoms with Gasteiger partial charge >= 0.3 is 0 Å². The van der Waals surface area contributed by atoms with Gasteiger partial charge in [0, 0.05) is 62.3 Å². The van der Waals surface area contributed by atoms with Gasteiger partial charge in [0.05, 0.1) is 11.6 Å². The first-order valence-electron chi connectivity index (χ1n) is 15.5. The summed E-state index contributed by atoms with van der Waals surface area (Å²) in [4.78, 5) is 45.9. The molecule has 9 heteroatoms. The van der Waals surface area contributed by atoms with Crippen molar-refractivity contribution >= 4 is 28.6 Å². The maximum atomic E-state index is 13.0. The Bertz CT molecular complexity index is 1570. The van der Waals surface area contributed by atoms with E-state index in [9.17, 15) is 14.4 Å². The van der Waals surface area contributed by atoms with Crippen LogP contribution in [0.2, 0.25) is 0 Å². The molecule has 43 heavy (non-hydrogen) atoms. The molecule has 3 amide bonds. The Kier molecular flexibility index (Phi) is 7.61. The Morgan fingerprint density at radius 3 is 2.72 bits per heavy atom. The highest BCUT2D eigenvalue weighted by atomic mass is 16.5. The van der Waals surface area contributed by atoms with Crippen molar-refractivity contribution in [3.8, 4) is 5.75 Å². The molecular formula is C34H38N4O5. The Labute approximate surface area is 251 Å². The molecule has 1 unspecified atom stereocenters. The molecule has 3 fully saturated rings. The molecule has 1 aliphatic carbocycles. The van der Waals surface area contributed by atoms with Crippen LogP contribution in [0.15, 0.2) is 48.5 Å². The molecule has 2 saturated heterocycles. The van der Waals surface area contributed by atoms with Gasteiger partial charge in [0.2, 0.25) is 11.8 Å². The molecule has 0 radical (unpaired) electrons. The number of carbonyl (C=O) groups excluding carboxylic acids is 3. The first-order valence-corrected chi connectivity index (χ1v) is 15.5. The summed E-state index contributed by atoms with van der Waals surface area (Å²) in [6, 6.07) is 15.9. The number of likely N-dealkylation sites (tertiary alicyclic amines) is 1. The van der Waals surface area contributed by atoms with Gasteiger partial charge in [-0.15, -0.1) is 0 Å². The lowest BCUT2D eigenvalue weighted by Crippen LogP contribution is -2.52. The Hall–Kier alpha value is -3.82. The van der Waals surface area contributed by atoms with Crippen molar-refractivity contribution < 1.29 is 23.9 Å². The zero-order chi connectivity index (χ0) is 29.5. The van der Waals surface area contributed by atoms with E-state index in [1.165, 1.54) is 18.4 Å². The first-order chi connectivity index (χ1) is 20.9. The molecule has 1 aromatic heterocycles.